The molecule has 0 unspecified atom stereocenters. The Balaban J connectivity index is 1.50. The average molecular weight is 417 g/mol. The van der Waals surface area contributed by atoms with Crippen LogP contribution in [0.1, 0.15) is 31.4 Å². The van der Waals surface area contributed by atoms with E-state index in [9.17, 15) is 9.59 Å². The lowest BCUT2D eigenvalue weighted by molar-refractivity contribution is 0.101. The van der Waals surface area contributed by atoms with Crippen molar-refractivity contribution >= 4 is 34.0 Å². The maximum Gasteiger partial charge on any atom is 0.267 e. The first-order valence-electron chi connectivity index (χ1n) is 9.28. The summed E-state index contributed by atoms with van der Waals surface area (Å²) in [6, 6.07) is 18.8. The number of hydrogen-bond acceptors (Lipinski definition) is 5. The van der Waals surface area contributed by atoms with Crippen molar-refractivity contribution in [3.8, 4) is 5.69 Å². The van der Waals surface area contributed by atoms with Gasteiger partial charge in [0.25, 0.3) is 11.8 Å². The molecule has 4 aromatic rings. The molecule has 0 bridgehead atoms. The van der Waals surface area contributed by atoms with Crippen molar-refractivity contribution in [2.75, 3.05) is 10.6 Å². The second-order valence-electron chi connectivity index (χ2n) is 6.60. The van der Waals surface area contributed by atoms with E-state index < -0.39 is 0 Å². The van der Waals surface area contributed by atoms with Gasteiger partial charge in [-0.25, -0.2) is 9.67 Å². The maximum atomic E-state index is 12.8. The Morgan fingerprint density at radius 1 is 0.900 bits per heavy atom. The van der Waals surface area contributed by atoms with Crippen molar-refractivity contribution in [2.45, 2.75) is 13.8 Å². The largest absolute Gasteiger partial charge is 0.321 e. The number of para-hydroxylation sites is 2. The first kappa shape index (κ1) is 19.5. The van der Waals surface area contributed by atoms with Gasteiger partial charge in [-0.05, 0) is 38.1 Å². The van der Waals surface area contributed by atoms with Gasteiger partial charge in [0.15, 0.2) is 5.13 Å². The number of nitrogens with zero attached hydrogens (tertiary/aromatic N) is 3. The van der Waals surface area contributed by atoms with Crippen LogP contribution in [0.3, 0.4) is 0 Å². The summed E-state index contributed by atoms with van der Waals surface area (Å²) in [5.74, 6) is -0.580. The smallest absolute Gasteiger partial charge is 0.267 e. The number of nitrogens with one attached hydrogen (secondary N) is 2. The topological polar surface area (TPSA) is 88.9 Å². The third-order valence-electron chi connectivity index (χ3n) is 4.51. The zero-order valence-corrected chi connectivity index (χ0v) is 17.2. The predicted octanol–water partition coefficient (Wildman–Crippen LogP) is 4.45. The van der Waals surface area contributed by atoms with Gasteiger partial charge >= 0.3 is 0 Å². The summed E-state index contributed by atoms with van der Waals surface area (Å²) in [6.07, 6.45) is 1.53. The molecule has 2 aromatic heterocycles. The Hall–Kier alpha value is -3.78. The second-order valence-corrected chi connectivity index (χ2v) is 7.60. The van der Waals surface area contributed by atoms with Crippen molar-refractivity contribution in [1.82, 2.24) is 14.8 Å². The van der Waals surface area contributed by atoms with Gasteiger partial charge in [-0.3, -0.25) is 14.9 Å². The molecule has 0 atom stereocenters. The summed E-state index contributed by atoms with van der Waals surface area (Å²) >= 11 is 1.14. The van der Waals surface area contributed by atoms with Crippen molar-refractivity contribution in [1.29, 1.82) is 0 Å². The van der Waals surface area contributed by atoms with E-state index in [4.69, 9.17) is 0 Å². The van der Waals surface area contributed by atoms with Crippen LogP contribution >= 0.6 is 11.3 Å². The molecule has 0 aliphatic carbocycles. The van der Waals surface area contributed by atoms with E-state index in [0.717, 1.165) is 17.0 Å². The number of rotatable bonds is 5. The van der Waals surface area contributed by atoms with Crippen LogP contribution in [0.25, 0.3) is 5.69 Å². The zero-order chi connectivity index (χ0) is 21.1. The second kappa shape index (κ2) is 8.30. The van der Waals surface area contributed by atoms with Crippen LogP contribution in [0.4, 0.5) is 10.8 Å². The quantitative estimate of drug-likeness (QED) is 0.502. The van der Waals surface area contributed by atoms with Crippen molar-refractivity contribution in [2.24, 2.45) is 0 Å². The molecule has 0 radical (unpaired) electrons. The Morgan fingerprint density at radius 2 is 1.57 bits per heavy atom. The van der Waals surface area contributed by atoms with Crippen LogP contribution in [0, 0.1) is 13.8 Å². The van der Waals surface area contributed by atoms with E-state index in [0.29, 0.717) is 32.6 Å². The van der Waals surface area contributed by atoms with Crippen LogP contribution in [-0.4, -0.2) is 26.6 Å². The predicted molar refractivity (Wildman–Crippen MR) is 118 cm³/mol. The van der Waals surface area contributed by atoms with Gasteiger partial charge in [0.1, 0.15) is 4.88 Å². The van der Waals surface area contributed by atoms with Crippen molar-refractivity contribution in [3.63, 3.8) is 0 Å². The molecule has 0 aliphatic heterocycles. The molecule has 7 nitrogen and oxygen atoms in total. The van der Waals surface area contributed by atoms with Crippen molar-refractivity contribution in [3.05, 3.63) is 88.7 Å². The highest BCUT2D eigenvalue weighted by Gasteiger charge is 2.20. The molecule has 2 aromatic carbocycles. The van der Waals surface area contributed by atoms with E-state index in [2.05, 4.69) is 20.7 Å². The molecule has 0 saturated heterocycles. The first-order chi connectivity index (χ1) is 14.5. The third kappa shape index (κ3) is 3.99. The molecular weight excluding hydrogens is 398 g/mol. The summed E-state index contributed by atoms with van der Waals surface area (Å²) in [6.45, 7) is 3.57. The highest BCUT2D eigenvalue weighted by atomic mass is 32.1. The minimum atomic E-state index is -0.321. The number of hydrogen-bond donors (Lipinski definition) is 2. The Kier molecular flexibility index (Phi) is 5.40. The summed E-state index contributed by atoms with van der Waals surface area (Å²) in [7, 11) is 0. The van der Waals surface area contributed by atoms with Crippen LogP contribution < -0.4 is 10.6 Å². The molecule has 2 N–H and O–H groups in total. The lowest BCUT2D eigenvalue weighted by Gasteiger charge is -2.05. The molecule has 0 aliphatic rings. The van der Waals surface area contributed by atoms with Gasteiger partial charge in [0, 0.05) is 5.69 Å². The Labute approximate surface area is 177 Å². The standard InChI is InChI=1S/C22H19N5O2S/c1-14-19(21(29)25-16-9-5-3-6-10-16)30-22(24-14)26-20(28)18-13-23-27(15(18)2)17-11-7-4-8-12-17/h3-13H,1-2H3,(H,25,29)(H,24,26,28). The fourth-order valence-electron chi connectivity index (χ4n) is 3.00. The number of anilines is 2. The van der Waals surface area contributed by atoms with Crippen molar-refractivity contribution < 1.29 is 9.59 Å². The van der Waals surface area contributed by atoms with Crippen LogP contribution in [0.15, 0.2) is 66.9 Å². The van der Waals surface area contributed by atoms with Crippen LogP contribution in [-0.2, 0) is 0 Å². The minimum absolute atomic E-state index is 0.259. The number of amides is 2. The van der Waals surface area contributed by atoms with Gasteiger partial charge in [0.2, 0.25) is 0 Å². The molecule has 0 saturated carbocycles. The minimum Gasteiger partial charge on any atom is -0.321 e. The molecule has 2 heterocycles. The fourth-order valence-corrected chi connectivity index (χ4v) is 3.85. The fraction of sp³-hybridized carbons (Fsp3) is 0.0909. The van der Waals surface area contributed by atoms with E-state index in [-0.39, 0.29) is 11.8 Å². The van der Waals surface area contributed by atoms with Gasteiger partial charge < -0.3 is 5.32 Å². The third-order valence-corrected chi connectivity index (χ3v) is 5.58. The highest BCUT2D eigenvalue weighted by Crippen LogP contribution is 2.25. The molecule has 8 heteroatoms. The first-order valence-corrected chi connectivity index (χ1v) is 10.1. The van der Waals surface area contributed by atoms with E-state index in [1.165, 1.54) is 6.20 Å². The van der Waals surface area contributed by atoms with Crippen LogP contribution in [0.2, 0.25) is 0 Å². The number of carbonyl (C=O) groups excluding carboxylic acids is 2. The number of aromatic nitrogens is 3. The number of aryl methyl sites for hydroxylation is 1. The molecule has 30 heavy (non-hydrogen) atoms. The SMILES string of the molecule is Cc1nc(NC(=O)c2cnn(-c3ccccc3)c2C)sc1C(=O)Nc1ccccc1. The Morgan fingerprint density at radius 3 is 2.27 bits per heavy atom. The van der Waals surface area contributed by atoms with E-state index in [1.54, 1.807) is 11.6 Å². The van der Waals surface area contributed by atoms with Gasteiger partial charge in [-0.2, -0.15) is 5.10 Å². The maximum absolute atomic E-state index is 12.8. The lowest BCUT2D eigenvalue weighted by atomic mass is 10.2. The van der Waals surface area contributed by atoms with Gasteiger partial charge in [-0.1, -0.05) is 47.7 Å². The summed E-state index contributed by atoms with van der Waals surface area (Å²) in [5, 5.41) is 10.3. The molecule has 4 rings (SSSR count). The number of thiazole rings is 1. The normalized spacial score (nSPS) is 10.6. The molecular formula is C22H19N5O2S. The summed E-state index contributed by atoms with van der Waals surface area (Å²) in [5.41, 5.74) is 3.29. The summed E-state index contributed by atoms with van der Waals surface area (Å²) in [4.78, 5) is 30.1. The lowest BCUT2D eigenvalue weighted by Crippen LogP contribution is -2.13. The molecule has 0 fully saturated rings. The summed E-state index contributed by atoms with van der Waals surface area (Å²) < 4.78 is 1.71. The van der Waals surface area contributed by atoms with Gasteiger partial charge in [-0.15, -0.1) is 0 Å². The average Bonchev–Trinajstić information content (AvgIpc) is 3.31. The monoisotopic (exact) mass is 417 g/mol. The molecule has 0 spiro atoms. The molecule has 150 valence electrons. The number of benzene rings is 2. The number of carbonyl (C=O) groups is 2. The molecule has 2 amide bonds. The van der Waals surface area contributed by atoms with E-state index >= 15 is 0 Å². The van der Waals surface area contributed by atoms with Gasteiger partial charge in [0.05, 0.1) is 28.8 Å². The Bertz CT molecular complexity index is 1200. The zero-order valence-electron chi connectivity index (χ0n) is 16.4. The van der Waals surface area contributed by atoms with E-state index in [1.807, 2.05) is 67.6 Å². The highest BCUT2D eigenvalue weighted by molar-refractivity contribution is 7.17. The van der Waals surface area contributed by atoms with Crippen LogP contribution in [0.5, 0.6) is 0 Å².